The van der Waals surface area contributed by atoms with Gasteiger partial charge in [-0.1, -0.05) is 30.3 Å². The number of nitrogens with zero attached hydrogens (tertiary/aromatic N) is 2. The van der Waals surface area contributed by atoms with Crippen molar-refractivity contribution in [1.82, 2.24) is 4.90 Å². The summed E-state index contributed by atoms with van der Waals surface area (Å²) in [5.74, 6) is 1.09. The second-order valence-electron chi connectivity index (χ2n) is 3.23. The van der Waals surface area contributed by atoms with Crippen molar-refractivity contribution in [2.45, 2.75) is 6.54 Å². The zero-order chi connectivity index (χ0) is 11.5. The highest BCUT2D eigenvalue weighted by Crippen LogP contribution is 2.04. The van der Waals surface area contributed by atoms with E-state index in [-0.39, 0.29) is 0 Å². The van der Waals surface area contributed by atoms with Gasteiger partial charge in [-0.25, -0.2) is 0 Å². The lowest BCUT2D eigenvalue weighted by molar-refractivity contribution is 0.386. The largest absolute Gasteiger partial charge is 0.304 e. The van der Waals surface area contributed by atoms with Gasteiger partial charge >= 0.3 is 0 Å². The Morgan fingerprint density at radius 1 is 1.33 bits per heavy atom. The van der Waals surface area contributed by atoms with Gasteiger partial charge in [0.05, 0.1) is 0 Å². The van der Waals surface area contributed by atoms with Crippen molar-refractivity contribution in [3.63, 3.8) is 0 Å². The normalized spacial score (nSPS) is 9.33. The molecule has 0 unspecified atom stereocenters. The van der Waals surface area contributed by atoms with Crippen LogP contribution in [0.3, 0.4) is 0 Å². The van der Waals surface area contributed by atoms with E-state index in [2.05, 4.69) is 60.2 Å². The fourth-order valence-corrected chi connectivity index (χ4v) is 1.69. The molecule has 2 nitrogen and oxygen atoms in total. The molecule has 0 aliphatic rings. The first-order valence-corrected chi connectivity index (χ1v) is 6.20. The molecule has 0 bridgehead atoms. The molecule has 0 saturated heterocycles. The van der Waals surface area contributed by atoms with Gasteiger partial charge in [0.25, 0.3) is 0 Å². The molecule has 0 aliphatic heterocycles. The highest BCUT2D eigenvalue weighted by atomic mass is 32.2. The van der Waals surface area contributed by atoms with Crippen molar-refractivity contribution >= 4 is 18.5 Å². The van der Waals surface area contributed by atoms with E-state index in [1.54, 1.807) is 7.05 Å². The van der Waals surface area contributed by atoms with Gasteiger partial charge in [0, 0.05) is 19.5 Å². The quantitative estimate of drug-likeness (QED) is 0.577. The van der Waals surface area contributed by atoms with Crippen LogP contribution in [0.25, 0.3) is 0 Å². The number of hydrogen-bond donors (Lipinski definition) is 0. The third kappa shape index (κ3) is 8.21. The molecule has 0 aliphatic carbocycles. The van der Waals surface area contributed by atoms with Gasteiger partial charge in [0.2, 0.25) is 0 Å². The molecule has 1 aromatic carbocycles. The van der Waals surface area contributed by atoms with Gasteiger partial charge in [-0.3, -0.25) is 4.90 Å². The first kappa shape index (κ1) is 14.2. The van der Waals surface area contributed by atoms with E-state index in [0.29, 0.717) is 0 Å². The average Bonchev–Trinajstić information content (AvgIpc) is 2.20. The number of thioether (sulfide) groups is 1. The minimum absolute atomic E-state index is 1.04. The lowest BCUT2D eigenvalue weighted by Gasteiger charge is -2.14. The van der Waals surface area contributed by atoms with E-state index < -0.39 is 0 Å². The Hall–Kier alpha value is -0.800. The maximum Gasteiger partial charge on any atom is 0.0441 e. The highest BCUT2D eigenvalue weighted by Gasteiger charge is 1.96. The lowest BCUT2D eigenvalue weighted by Crippen LogP contribution is -2.16. The lowest BCUT2D eigenvalue weighted by atomic mass is 10.2. The second-order valence-corrected chi connectivity index (χ2v) is 4.07. The predicted octanol–water partition coefficient (Wildman–Crippen LogP) is 2.76. The van der Waals surface area contributed by atoms with Gasteiger partial charge in [-0.2, -0.15) is 0 Å². The van der Waals surface area contributed by atoms with Gasteiger partial charge in [0.15, 0.2) is 0 Å². The van der Waals surface area contributed by atoms with Gasteiger partial charge in [-0.05, 0) is 25.6 Å². The van der Waals surface area contributed by atoms with Crippen LogP contribution in [0.4, 0.5) is 0 Å². The molecule has 0 radical (unpaired) electrons. The van der Waals surface area contributed by atoms with E-state index in [9.17, 15) is 0 Å². The molecule has 1 rings (SSSR count). The van der Waals surface area contributed by atoms with Gasteiger partial charge in [0.1, 0.15) is 0 Å². The summed E-state index contributed by atoms with van der Waals surface area (Å²) >= 11 is 1.85. The minimum atomic E-state index is 1.04. The van der Waals surface area contributed by atoms with Crippen molar-refractivity contribution in [2.75, 3.05) is 26.2 Å². The molecule has 0 spiro atoms. The molecule has 15 heavy (non-hydrogen) atoms. The molecular weight excluding hydrogens is 204 g/mol. The Bertz CT molecular complexity index is 249. The molecule has 0 fully saturated rings. The molecule has 0 amide bonds. The third-order valence-electron chi connectivity index (χ3n) is 1.64. The van der Waals surface area contributed by atoms with Gasteiger partial charge < -0.3 is 4.99 Å². The molecule has 0 aromatic heterocycles. The first-order chi connectivity index (χ1) is 7.24. The van der Waals surface area contributed by atoms with Crippen LogP contribution in [0.5, 0.6) is 0 Å². The van der Waals surface area contributed by atoms with Gasteiger partial charge in [-0.15, -0.1) is 11.8 Å². The Morgan fingerprint density at radius 2 is 1.87 bits per heavy atom. The van der Waals surface area contributed by atoms with Crippen molar-refractivity contribution in [1.29, 1.82) is 0 Å². The SMILES string of the molecule is C=NC.CSCN(C)Cc1ccccc1. The van der Waals surface area contributed by atoms with Crippen LogP contribution in [0, 0.1) is 0 Å². The van der Waals surface area contributed by atoms with Crippen LogP contribution < -0.4 is 0 Å². The first-order valence-electron chi connectivity index (χ1n) is 4.80. The molecule has 3 heteroatoms. The van der Waals surface area contributed by atoms with Crippen molar-refractivity contribution < 1.29 is 0 Å². The van der Waals surface area contributed by atoms with E-state index in [4.69, 9.17) is 0 Å². The summed E-state index contributed by atoms with van der Waals surface area (Å²) in [6.07, 6.45) is 2.13. The van der Waals surface area contributed by atoms with Crippen LogP contribution in [0.1, 0.15) is 5.56 Å². The molecule has 0 N–H and O–H groups in total. The topological polar surface area (TPSA) is 15.6 Å². The predicted molar refractivity (Wildman–Crippen MR) is 71.8 cm³/mol. The molecule has 0 atom stereocenters. The van der Waals surface area contributed by atoms with Crippen LogP contribution in [-0.2, 0) is 6.54 Å². The summed E-state index contributed by atoms with van der Waals surface area (Å²) in [6.45, 7) is 4.15. The maximum absolute atomic E-state index is 3.25. The summed E-state index contributed by atoms with van der Waals surface area (Å²) < 4.78 is 0. The summed E-state index contributed by atoms with van der Waals surface area (Å²) in [4.78, 5) is 5.56. The molecule has 84 valence electrons. The Labute approximate surface area is 97.4 Å². The highest BCUT2D eigenvalue weighted by molar-refractivity contribution is 7.98. The smallest absolute Gasteiger partial charge is 0.0441 e. The van der Waals surface area contributed by atoms with E-state index >= 15 is 0 Å². The number of hydrogen-bond acceptors (Lipinski definition) is 3. The summed E-state index contributed by atoms with van der Waals surface area (Å²) in [7, 11) is 3.78. The zero-order valence-electron chi connectivity index (χ0n) is 9.81. The maximum atomic E-state index is 3.25. The van der Waals surface area contributed by atoms with Crippen LogP contribution in [0.15, 0.2) is 35.3 Å². The monoisotopic (exact) mass is 224 g/mol. The van der Waals surface area contributed by atoms with Crippen LogP contribution >= 0.6 is 11.8 Å². The third-order valence-corrected chi connectivity index (χ3v) is 2.34. The Kier molecular flexibility index (Phi) is 9.22. The fraction of sp³-hybridized carbons (Fsp3) is 0.417. The van der Waals surface area contributed by atoms with E-state index in [1.165, 1.54) is 5.56 Å². The minimum Gasteiger partial charge on any atom is -0.304 e. The van der Waals surface area contributed by atoms with E-state index in [1.807, 2.05) is 11.8 Å². The number of benzene rings is 1. The standard InChI is InChI=1S/C10H15NS.C2H5N/c1-11(9-12-2)8-10-6-4-3-5-7-10;1-3-2/h3-7H,8-9H2,1-2H3;1H2,2H3. The average molecular weight is 224 g/mol. The molecular formula is C12H20N2S. The second kappa shape index (κ2) is 9.74. The fourth-order valence-electron chi connectivity index (χ4n) is 1.16. The summed E-state index contributed by atoms with van der Waals surface area (Å²) in [5, 5.41) is 0. The number of rotatable bonds is 4. The van der Waals surface area contributed by atoms with Crippen LogP contribution in [-0.4, -0.2) is 37.8 Å². The molecule has 0 heterocycles. The summed E-state index contributed by atoms with van der Waals surface area (Å²) in [6, 6.07) is 10.6. The Balaban J connectivity index is 0.000000583. The zero-order valence-corrected chi connectivity index (χ0v) is 10.6. The molecule has 0 saturated carbocycles. The van der Waals surface area contributed by atoms with Crippen molar-refractivity contribution in [3.05, 3.63) is 35.9 Å². The molecule has 1 aromatic rings. The van der Waals surface area contributed by atoms with E-state index in [0.717, 1.165) is 12.4 Å². The van der Waals surface area contributed by atoms with Crippen molar-refractivity contribution in [2.24, 2.45) is 4.99 Å². The number of aliphatic imine (C=N–C) groups is 1. The van der Waals surface area contributed by atoms with Crippen LogP contribution in [0.2, 0.25) is 0 Å². The summed E-state index contributed by atoms with van der Waals surface area (Å²) in [5.41, 5.74) is 1.38. The van der Waals surface area contributed by atoms with Crippen molar-refractivity contribution in [3.8, 4) is 0 Å². The Morgan fingerprint density at radius 3 is 2.33 bits per heavy atom.